The van der Waals surface area contributed by atoms with E-state index in [0.717, 1.165) is 0 Å². The molecule has 1 heterocycles. The van der Waals surface area contributed by atoms with Gasteiger partial charge in [0.25, 0.3) is 0 Å². The van der Waals surface area contributed by atoms with Gasteiger partial charge in [-0.15, -0.1) is 0 Å². The Morgan fingerprint density at radius 1 is 1.25 bits per heavy atom. The highest BCUT2D eigenvalue weighted by molar-refractivity contribution is 8.15. The molecule has 1 atom stereocenters. The van der Waals surface area contributed by atoms with Crippen LogP contribution in [0, 0.1) is 5.82 Å². The second kappa shape index (κ2) is 8.88. The molecule has 2 aromatic rings. The number of hydrogen-bond acceptors (Lipinski definition) is 5. The second-order valence-electron chi connectivity index (χ2n) is 6.01. The molecule has 0 aliphatic carbocycles. The molecule has 0 radical (unpaired) electrons. The van der Waals surface area contributed by atoms with Crippen molar-refractivity contribution in [2.75, 3.05) is 19.0 Å². The fourth-order valence-electron chi connectivity index (χ4n) is 2.75. The fraction of sp³-hybridized carbons (Fsp3) is 0.250. The molecule has 0 bridgehead atoms. The van der Waals surface area contributed by atoms with Crippen molar-refractivity contribution in [3.05, 3.63) is 54.3 Å². The zero-order valence-electron chi connectivity index (χ0n) is 15.5. The molecule has 3 rings (SSSR count). The van der Waals surface area contributed by atoms with Gasteiger partial charge in [0, 0.05) is 18.7 Å². The number of hydrogen-bond donors (Lipinski definition) is 1. The molecule has 0 spiro atoms. The van der Waals surface area contributed by atoms with Crippen LogP contribution in [-0.2, 0) is 9.59 Å². The van der Waals surface area contributed by atoms with Crippen molar-refractivity contribution in [3.8, 4) is 5.75 Å². The maximum Gasteiger partial charge on any atom is 0.242 e. The largest absolute Gasteiger partial charge is 0.494 e. The molecule has 1 saturated heterocycles. The third-order valence-corrected chi connectivity index (χ3v) is 5.31. The molecule has 1 aliphatic rings. The molecular formula is C20H20FN3O3S. The van der Waals surface area contributed by atoms with Gasteiger partial charge in [-0.2, -0.15) is 0 Å². The number of carbonyl (C=O) groups excluding carboxylic acids is 2. The number of aliphatic imine (C=N–C) groups is 1. The normalized spacial score (nSPS) is 17.8. The smallest absolute Gasteiger partial charge is 0.242 e. The molecule has 1 aliphatic heterocycles. The van der Waals surface area contributed by atoms with Crippen molar-refractivity contribution in [1.82, 2.24) is 4.90 Å². The summed E-state index contributed by atoms with van der Waals surface area (Å²) in [6.45, 7) is 2.31. The van der Waals surface area contributed by atoms with E-state index in [0.29, 0.717) is 28.8 Å². The van der Waals surface area contributed by atoms with Crippen molar-refractivity contribution >= 4 is 40.1 Å². The van der Waals surface area contributed by atoms with E-state index in [1.807, 2.05) is 19.1 Å². The van der Waals surface area contributed by atoms with Gasteiger partial charge in [-0.3, -0.25) is 14.5 Å². The third kappa shape index (κ3) is 4.51. The van der Waals surface area contributed by atoms with Crippen LogP contribution < -0.4 is 10.1 Å². The van der Waals surface area contributed by atoms with Crippen molar-refractivity contribution < 1.29 is 18.7 Å². The van der Waals surface area contributed by atoms with Gasteiger partial charge in [0.05, 0.1) is 7.11 Å². The van der Waals surface area contributed by atoms with E-state index >= 15 is 0 Å². The van der Waals surface area contributed by atoms with Gasteiger partial charge in [-0.05, 0) is 43.3 Å². The summed E-state index contributed by atoms with van der Waals surface area (Å²) in [5, 5.41) is 2.66. The molecule has 0 aromatic heterocycles. The summed E-state index contributed by atoms with van der Waals surface area (Å²) < 4.78 is 18.3. The number of thioether (sulfide) groups is 1. The first-order valence-corrected chi connectivity index (χ1v) is 9.65. The predicted molar refractivity (Wildman–Crippen MR) is 109 cm³/mol. The summed E-state index contributed by atoms with van der Waals surface area (Å²) >= 11 is 1.26. The number of amides is 2. The Balaban J connectivity index is 1.73. The number of anilines is 1. The fourth-order valence-corrected chi connectivity index (χ4v) is 3.97. The van der Waals surface area contributed by atoms with E-state index in [-0.39, 0.29) is 24.1 Å². The lowest BCUT2D eigenvalue weighted by Crippen LogP contribution is -2.33. The summed E-state index contributed by atoms with van der Waals surface area (Å²) in [6.07, 6.45) is 0.00230. The Morgan fingerprint density at radius 3 is 2.64 bits per heavy atom. The van der Waals surface area contributed by atoms with E-state index < -0.39 is 5.25 Å². The number of para-hydroxylation sites is 2. The summed E-state index contributed by atoms with van der Waals surface area (Å²) in [4.78, 5) is 31.1. The monoisotopic (exact) mass is 401 g/mol. The van der Waals surface area contributed by atoms with Gasteiger partial charge in [0.15, 0.2) is 5.17 Å². The standard InChI is InChI=1S/C20H20FN3O3S/c1-3-24-19(26)17(12-18(25)22-14-10-8-13(21)9-11-14)28-20(24)23-15-6-4-5-7-16(15)27-2/h4-11,17H,3,12H2,1-2H3,(H,22,25)/t17-/m0/s1. The lowest BCUT2D eigenvalue weighted by Gasteiger charge is -2.14. The Hall–Kier alpha value is -2.87. The van der Waals surface area contributed by atoms with Crippen molar-refractivity contribution in [2.24, 2.45) is 4.99 Å². The molecular weight excluding hydrogens is 381 g/mol. The summed E-state index contributed by atoms with van der Waals surface area (Å²) in [6, 6.07) is 12.8. The molecule has 2 aromatic carbocycles. The Labute approximate surface area is 166 Å². The van der Waals surface area contributed by atoms with Gasteiger partial charge in [0.2, 0.25) is 11.8 Å². The van der Waals surface area contributed by atoms with Crippen LogP contribution in [0.15, 0.2) is 53.5 Å². The molecule has 1 N–H and O–H groups in total. The molecule has 0 unspecified atom stereocenters. The van der Waals surface area contributed by atoms with E-state index in [1.54, 1.807) is 24.1 Å². The first-order chi connectivity index (χ1) is 13.5. The average molecular weight is 401 g/mol. The maximum atomic E-state index is 13.0. The first-order valence-electron chi connectivity index (χ1n) is 8.77. The second-order valence-corrected chi connectivity index (χ2v) is 7.18. The quantitative estimate of drug-likeness (QED) is 0.799. The number of amidine groups is 1. The van der Waals surface area contributed by atoms with Crippen LogP contribution in [0.4, 0.5) is 15.8 Å². The van der Waals surface area contributed by atoms with E-state index in [9.17, 15) is 14.0 Å². The molecule has 146 valence electrons. The van der Waals surface area contributed by atoms with Gasteiger partial charge in [-0.1, -0.05) is 23.9 Å². The van der Waals surface area contributed by atoms with E-state index in [1.165, 1.54) is 36.0 Å². The minimum atomic E-state index is -0.561. The van der Waals surface area contributed by atoms with Gasteiger partial charge in [0.1, 0.15) is 22.5 Å². The highest BCUT2D eigenvalue weighted by atomic mass is 32.2. The Morgan fingerprint density at radius 2 is 1.96 bits per heavy atom. The zero-order valence-corrected chi connectivity index (χ0v) is 16.3. The lowest BCUT2D eigenvalue weighted by atomic mass is 10.2. The lowest BCUT2D eigenvalue weighted by molar-refractivity contribution is -0.128. The van der Waals surface area contributed by atoms with Crippen LogP contribution in [0.25, 0.3) is 0 Å². The van der Waals surface area contributed by atoms with Crippen LogP contribution in [-0.4, -0.2) is 40.8 Å². The molecule has 1 fully saturated rings. The Bertz CT molecular complexity index is 902. The van der Waals surface area contributed by atoms with Crippen LogP contribution in [0.3, 0.4) is 0 Å². The van der Waals surface area contributed by atoms with Crippen molar-refractivity contribution in [3.63, 3.8) is 0 Å². The van der Waals surface area contributed by atoms with E-state index in [2.05, 4.69) is 10.3 Å². The third-order valence-electron chi connectivity index (χ3n) is 4.14. The summed E-state index contributed by atoms with van der Waals surface area (Å²) in [5.41, 5.74) is 1.10. The molecule has 0 saturated carbocycles. The van der Waals surface area contributed by atoms with Crippen LogP contribution in [0.5, 0.6) is 5.75 Å². The number of ether oxygens (including phenoxy) is 1. The highest BCUT2D eigenvalue weighted by Crippen LogP contribution is 2.34. The van der Waals surface area contributed by atoms with Gasteiger partial charge < -0.3 is 10.1 Å². The first kappa shape index (κ1) is 19.9. The van der Waals surface area contributed by atoms with Gasteiger partial charge >= 0.3 is 0 Å². The zero-order chi connectivity index (χ0) is 20.1. The molecule has 28 heavy (non-hydrogen) atoms. The SMILES string of the molecule is CCN1C(=O)[C@H](CC(=O)Nc2ccc(F)cc2)SC1=Nc1ccccc1OC. The highest BCUT2D eigenvalue weighted by Gasteiger charge is 2.38. The number of nitrogens with one attached hydrogen (secondary N) is 1. The maximum absolute atomic E-state index is 13.0. The number of nitrogens with zero attached hydrogens (tertiary/aromatic N) is 2. The van der Waals surface area contributed by atoms with Gasteiger partial charge in [-0.25, -0.2) is 9.38 Å². The number of rotatable bonds is 6. The predicted octanol–water partition coefficient (Wildman–Crippen LogP) is 3.81. The van der Waals surface area contributed by atoms with Crippen molar-refractivity contribution in [2.45, 2.75) is 18.6 Å². The molecule has 8 heteroatoms. The number of benzene rings is 2. The number of methoxy groups -OCH3 is 1. The number of halogens is 1. The minimum Gasteiger partial charge on any atom is -0.494 e. The molecule has 6 nitrogen and oxygen atoms in total. The Kier molecular flexibility index (Phi) is 6.30. The average Bonchev–Trinajstić information content (AvgIpc) is 2.98. The minimum absolute atomic E-state index is 0.00230. The van der Waals surface area contributed by atoms with Crippen LogP contribution in [0.2, 0.25) is 0 Å². The number of carbonyl (C=O) groups is 2. The summed E-state index contributed by atoms with van der Waals surface area (Å²) in [5.74, 6) is -0.241. The van der Waals surface area contributed by atoms with E-state index in [4.69, 9.17) is 4.74 Å². The summed E-state index contributed by atoms with van der Waals surface area (Å²) in [7, 11) is 1.56. The molecule has 2 amide bonds. The topological polar surface area (TPSA) is 71.0 Å². The van der Waals surface area contributed by atoms with Crippen LogP contribution >= 0.6 is 11.8 Å². The van der Waals surface area contributed by atoms with Crippen LogP contribution in [0.1, 0.15) is 13.3 Å². The van der Waals surface area contributed by atoms with Crippen molar-refractivity contribution in [1.29, 1.82) is 0 Å².